The molecule has 0 unspecified atom stereocenters. The normalized spacial score (nSPS) is 17.3. The fourth-order valence-electron chi connectivity index (χ4n) is 2.59. The second kappa shape index (κ2) is 7.72. The van der Waals surface area contributed by atoms with Crippen LogP contribution in [0.15, 0.2) is 76.6 Å². The van der Waals surface area contributed by atoms with E-state index in [0.717, 1.165) is 10.6 Å². The second-order valence-electron chi connectivity index (χ2n) is 5.91. The van der Waals surface area contributed by atoms with Crippen LogP contribution in [0.3, 0.4) is 0 Å². The lowest BCUT2D eigenvalue weighted by atomic mass is 10.2. The first-order chi connectivity index (χ1) is 13.1. The molecular formula is C21H15ClN2OS2. The smallest absolute Gasteiger partial charge is 0.266 e. The quantitative estimate of drug-likeness (QED) is 0.474. The van der Waals surface area contributed by atoms with E-state index >= 15 is 0 Å². The van der Waals surface area contributed by atoms with E-state index in [1.165, 1.54) is 22.2 Å². The van der Waals surface area contributed by atoms with Crippen LogP contribution in [0.5, 0.6) is 0 Å². The molecule has 0 spiro atoms. The highest BCUT2D eigenvalue weighted by Crippen LogP contribution is 2.36. The van der Waals surface area contributed by atoms with Gasteiger partial charge in [0.25, 0.3) is 5.91 Å². The summed E-state index contributed by atoms with van der Waals surface area (Å²) < 4.78 is 0. The molecule has 4 rings (SSSR count). The van der Waals surface area contributed by atoms with Gasteiger partial charge in [0.05, 0.1) is 10.6 Å². The minimum Gasteiger partial charge on any atom is -0.290 e. The summed E-state index contributed by atoms with van der Waals surface area (Å²) in [6.07, 6.45) is 1.94. The summed E-state index contributed by atoms with van der Waals surface area (Å²) >= 11 is 8.97. The number of nitrogens with zero attached hydrogens (tertiary/aromatic N) is 2. The third kappa shape index (κ3) is 4.00. The minimum atomic E-state index is -0.0395. The van der Waals surface area contributed by atoms with Crippen LogP contribution in [0.25, 0.3) is 16.5 Å². The van der Waals surface area contributed by atoms with Crippen molar-refractivity contribution >= 4 is 57.5 Å². The van der Waals surface area contributed by atoms with Crippen LogP contribution in [0.4, 0.5) is 5.69 Å². The molecule has 3 aromatic rings. The Kier molecular flexibility index (Phi) is 5.16. The number of carbonyl (C=O) groups is 1. The van der Waals surface area contributed by atoms with Gasteiger partial charge < -0.3 is 0 Å². The van der Waals surface area contributed by atoms with Gasteiger partial charge in [-0.3, -0.25) is 9.69 Å². The molecule has 1 fully saturated rings. The van der Waals surface area contributed by atoms with Crippen molar-refractivity contribution in [3.05, 3.63) is 81.5 Å². The summed E-state index contributed by atoms with van der Waals surface area (Å²) in [5.41, 5.74) is 1.95. The van der Waals surface area contributed by atoms with E-state index in [-0.39, 0.29) is 5.91 Å². The molecule has 0 aliphatic carbocycles. The van der Waals surface area contributed by atoms with Gasteiger partial charge in [-0.15, -0.1) is 11.3 Å². The van der Waals surface area contributed by atoms with Crippen molar-refractivity contribution < 1.29 is 4.79 Å². The molecule has 2 aromatic carbocycles. The van der Waals surface area contributed by atoms with Gasteiger partial charge in [0.1, 0.15) is 0 Å². The molecule has 1 aliphatic heterocycles. The van der Waals surface area contributed by atoms with Crippen molar-refractivity contribution in [1.82, 2.24) is 4.90 Å². The Morgan fingerprint density at radius 3 is 2.48 bits per heavy atom. The lowest BCUT2D eigenvalue weighted by molar-refractivity contribution is -0.121. The third-order valence-electron chi connectivity index (χ3n) is 4.01. The molecule has 0 atom stereocenters. The van der Waals surface area contributed by atoms with Crippen molar-refractivity contribution in [3.63, 3.8) is 0 Å². The summed E-state index contributed by atoms with van der Waals surface area (Å²) in [5, 5.41) is 1.32. The molecule has 0 saturated carbocycles. The average Bonchev–Trinajstić information content (AvgIpc) is 3.26. The molecule has 0 radical (unpaired) electrons. The Bertz CT molecular complexity index is 1040. The van der Waals surface area contributed by atoms with Crippen LogP contribution in [0.2, 0.25) is 5.02 Å². The zero-order valence-corrected chi connectivity index (χ0v) is 16.8. The molecule has 6 heteroatoms. The molecule has 3 nitrogen and oxygen atoms in total. The van der Waals surface area contributed by atoms with Crippen molar-refractivity contribution in [3.8, 4) is 10.4 Å². The van der Waals surface area contributed by atoms with E-state index in [2.05, 4.69) is 23.2 Å². The van der Waals surface area contributed by atoms with Gasteiger partial charge in [-0.25, -0.2) is 4.99 Å². The number of likely N-dealkylation sites (N-methyl/N-ethyl adjacent to an activating group) is 1. The van der Waals surface area contributed by atoms with Gasteiger partial charge in [-0.05, 0) is 59.8 Å². The van der Waals surface area contributed by atoms with Crippen LogP contribution in [0, 0.1) is 0 Å². The Morgan fingerprint density at radius 1 is 1.00 bits per heavy atom. The number of rotatable bonds is 3. The first-order valence-corrected chi connectivity index (χ1v) is 10.3. The predicted molar refractivity (Wildman–Crippen MR) is 117 cm³/mol. The molecule has 0 N–H and O–H groups in total. The van der Waals surface area contributed by atoms with Crippen LogP contribution in [-0.4, -0.2) is 23.0 Å². The van der Waals surface area contributed by atoms with Gasteiger partial charge in [-0.2, -0.15) is 0 Å². The summed E-state index contributed by atoms with van der Waals surface area (Å²) in [6.45, 7) is 0. The molecule has 2 heterocycles. The molecule has 1 aromatic heterocycles. The summed E-state index contributed by atoms with van der Waals surface area (Å²) in [7, 11) is 1.74. The van der Waals surface area contributed by atoms with E-state index in [9.17, 15) is 4.79 Å². The van der Waals surface area contributed by atoms with Gasteiger partial charge >= 0.3 is 0 Å². The highest BCUT2D eigenvalue weighted by Gasteiger charge is 2.30. The van der Waals surface area contributed by atoms with Gasteiger partial charge in [0, 0.05) is 21.8 Å². The Morgan fingerprint density at radius 2 is 1.74 bits per heavy atom. The molecule has 27 heavy (non-hydrogen) atoms. The molecule has 0 bridgehead atoms. The number of amides is 1. The number of halogens is 1. The maximum absolute atomic E-state index is 12.6. The largest absolute Gasteiger partial charge is 0.290 e. The van der Waals surface area contributed by atoms with Gasteiger partial charge in [-0.1, -0.05) is 41.9 Å². The van der Waals surface area contributed by atoms with Crippen LogP contribution in [-0.2, 0) is 4.79 Å². The summed E-state index contributed by atoms with van der Waals surface area (Å²) in [6, 6.07) is 21.6. The first kappa shape index (κ1) is 18.0. The predicted octanol–water partition coefficient (Wildman–Crippen LogP) is 6.30. The average molecular weight is 411 g/mol. The highest BCUT2D eigenvalue weighted by atomic mass is 35.5. The number of thioether (sulfide) groups is 1. The number of thiophene rings is 1. The van der Waals surface area contributed by atoms with Gasteiger partial charge in [0.15, 0.2) is 5.17 Å². The highest BCUT2D eigenvalue weighted by molar-refractivity contribution is 8.18. The van der Waals surface area contributed by atoms with Crippen molar-refractivity contribution in [2.45, 2.75) is 0 Å². The maximum atomic E-state index is 12.6. The third-order valence-corrected chi connectivity index (χ3v) is 6.41. The molecule has 1 aliphatic rings. The SMILES string of the molecule is CN1C(=O)/C(=C/c2ccc(-c3ccccc3)s2)SC1=Nc1ccc(Cl)cc1. The molecule has 1 saturated heterocycles. The van der Waals surface area contributed by atoms with E-state index in [0.29, 0.717) is 15.1 Å². The summed E-state index contributed by atoms with van der Waals surface area (Å²) in [4.78, 5) is 21.6. The van der Waals surface area contributed by atoms with E-state index in [1.54, 1.807) is 35.4 Å². The zero-order chi connectivity index (χ0) is 18.8. The first-order valence-electron chi connectivity index (χ1n) is 8.27. The Hall–Kier alpha value is -2.34. The van der Waals surface area contributed by atoms with Crippen molar-refractivity contribution in [1.29, 1.82) is 0 Å². The summed E-state index contributed by atoms with van der Waals surface area (Å²) in [5.74, 6) is -0.0395. The number of amidine groups is 1. The van der Waals surface area contributed by atoms with E-state index in [4.69, 9.17) is 11.6 Å². The van der Waals surface area contributed by atoms with Crippen LogP contribution >= 0.6 is 34.7 Å². The molecule has 134 valence electrons. The fourth-order valence-corrected chi connectivity index (χ4v) is 4.73. The number of hydrogen-bond donors (Lipinski definition) is 0. The van der Waals surface area contributed by atoms with Crippen LogP contribution < -0.4 is 0 Å². The van der Waals surface area contributed by atoms with Crippen molar-refractivity contribution in [2.75, 3.05) is 7.05 Å². The van der Waals surface area contributed by atoms with Gasteiger partial charge in [0.2, 0.25) is 0 Å². The minimum absolute atomic E-state index is 0.0395. The Labute approximate surface area is 171 Å². The molecule has 1 amide bonds. The second-order valence-corrected chi connectivity index (χ2v) is 8.47. The number of aliphatic imine (C=N–C) groups is 1. The maximum Gasteiger partial charge on any atom is 0.266 e. The Balaban J connectivity index is 1.58. The van der Waals surface area contributed by atoms with E-state index < -0.39 is 0 Å². The number of hydrogen-bond acceptors (Lipinski definition) is 4. The zero-order valence-electron chi connectivity index (χ0n) is 14.4. The number of carbonyl (C=O) groups excluding carboxylic acids is 1. The fraction of sp³-hybridized carbons (Fsp3) is 0.0476. The monoisotopic (exact) mass is 410 g/mol. The topological polar surface area (TPSA) is 32.7 Å². The lowest BCUT2D eigenvalue weighted by Gasteiger charge is -2.06. The van der Waals surface area contributed by atoms with Crippen molar-refractivity contribution in [2.24, 2.45) is 4.99 Å². The lowest BCUT2D eigenvalue weighted by Crippen LogP contribution is -2.23. The standard InChI is InChI=1S/C21H15ClN2OS2/c1-24-20(25)19(27-21(24)23-16-9-7-15(22)8-10-16)13-17-11-12-18(26-17)14-5-3-2-4-6-14/h2-13H,1H3/b19-13-,23-21?. The number of benzene rings is 2. The van der Waals surface area contributed by atoms with Crippen LogP contribution in [0.1, 0.15) is 4.88 Å². The molecular weight excluding hydrogens is 396 g/mol. The van der Waals surface area contributed by atoms with E-state index in [1.807, 2.05) is 42.5 Å².